The Balaban J connectivity index is 1.64. The van der Waals surface area contributed by atoms with Gasteiger partial charge in [0.05, 0.1) is 51.6 Å². The number of H-pyrrole nitrogens is 2. The molecule has 3 heterocycles. The number of aromatic hydroxyl groups is 1. The van der Waals surface area contributed by atoms with Crippen molar-refractivity contribution in [2.75, 3.05) is 34.4 Å². The van der Waals surface area contributed by atoms with Gasteiger partial charge < -0.3 is 33.9 Å². The van der Waals surface area contributed by atoms with E-state index in [4.69, 9.17) is 38.6 Å². The van der Waals surface area contributed by atoms with E-state index in [0.29, 0.717) is 40.7 Å². The van der Waals surface area contributed by atoms with Crippen LogP contribution in [0.2, 0.25) is 0 Å². The van der Waals surface area contributed by atoms with E-state index < -0.39 is 28.8 Å². The number of hydrogen-bond acceptors (Lipinski definition) is 9. The van der Waals surface area contributed by atoms with Crippen LogP contribution in [0.15, 0.2) is 76.3 Å². The van der Waals surface area contributed by atoms with E-state index in [-0.39, 0.29) is 20.7 Å². The van der Waals surface area contributed by atoms with Gasteiger partial charge in [0.25, 0.3) is 11.1 Å². The molecule has 260 valence electrons. The molecule has 14 heteroatoms. The summed E-state index contributed by atoms with van der Waals surface area (Å²) in [6.45, 7) is 2.61. The molecule has 0 spiro atoms. The summed E-state index contributed by atoms with van der Waals surface area (Å²) in [6, 6.07) is 18.5. The Morgan fingerprint density at radius 2 is 1.32 bits per heavy atom. The Hall–Kier alpha value is -5.18. The summed E-state index contributed by atoms with van der Waals surface area (Å²) in [5.74, 6) is -0.908. The molecule has 1 unspecified atom stereocenters. The third kappa shape index (κ3) is 6.69. The van der Waals surface area contributed by atoms with E-state index in [1.54, 1.807) is 67.8 Å². The standard InChI is InChI=1S/C36H37N5O7S2/c1-46-25-12-8-23(9-13-25)40-33(44)29(31(42)37-35(40)49)28(21-7-16-27(48-3)22(19-21)20-39-17-5-4-6-18-39)30-32(43)38-36(50)41(34(30)45)24-10-14-26(47-2)15-11-24/h7-16,19,28,44-45H,4-6,17-18,20H2,1-3H3,(H,37,42,49)(H,38,43,50). The van der Waals surface area contributed by atoms with Gasteiger partial charge in [-0.05, 0) is 116 Å². The highest BCUT2D eigenvalue weighted by Gasteiger charge is 2.31. The lowest BCUT2D eigenvalue weighted by Crippen LogP contribution is -3.11. The molecule has 1 fully saturated rings. The summed E-state index contributed by atoms with van der Waals surface area (Å²) in [5.41, 5.74) is -0.112. The number of hydrogen-bond donors (Lipinski definition) is 4. The highest BCUT2D eigenvalue weighted by molar-refractivity contribution is 7.71. The lowest BCUT2D eigenvalue weighted by molar-refractivity contribution is -0.918. The number of aromatic amines is 2. The largest absolute Gasteiger partial charge is 0.859 e. The van der Waals surface area contributed by atoms with Gasteiger partial charge in [-0.25, -0.2) is 0 Å². The molecule has 1 saturated heterocycles. The third-order valence-corrected chi connectivity index (χ3v) is 9.67. The summed E-state index contributed by atoms with van der Waals surface area (Å²) in [7, 11) is 4.63. The molecule has 1 atom stereocenters. The molecule has 0 bridgehead atoms. The monoisotopic (exact) mass is 715 g/mol. The fourth-order valence-electron chi connectivity index (χ4n) is 6.61. The quantitative estimate of drug-likeness (QED) is 0.159. The molecule has 0 amide bonds. The second-order valence-electron chi connectivity index (χ2n) is 12.0. The van der Waals surface area contributed by atoms with Crippen molar-refractivity contribution in [1.82, 2.24) is 19.1 Å². The van der Waals surface area contributed by atoms with Crippen LogP contribution in [-0.2, 0) is 6.54 Å². The first kappa shape index (κ1) is 34.7. The van der Waals surface area contributed by atoms with E-state index in [0.717, 1.165) is 31.5 Å². The molecular weight excluding hydrogens is 679 g/mol. The van der Waals surface area contributed by atoms with Crippen LogP contribution in [0.1, 0.15) is 47.4 Å². The summed E-state index contributed by atoms with van der Waals surface area (Å²) < 4.78 is 18.5. The van der Waals surface area contributed by atoms with Crippen molar-refractivity contribution in [2.45, 2.75) is 31.7 Å². The van der Waals surface area contributed by atoms with Gasteiger partial charge in [-0.2, -0.15) is 0 Å². The SMILES string of the molecule is COc1ccc(-n2c([O-])c(C(c3ccc(OC)c(C[NH+]4CCCCC4)c3)c3c(O)n(-c4ccc(OC)cc4)c(=S)[nH]c3=O)c(=O)[nH]c2=S)cc1. The maximum absolute atomic E-state index is 14.6. The maximum Gasteiger partial charge on any atom is 0.259 e. The molecule has 1 aliphatic heterocycles. The normalized spacial score (nSPS) is 13.9. The molecular formula is C36H37N5O7S2. The third-order valence-electron chi connectivity index (χ3n) is 9.10. The number of rotatable bonds is 10. The van der Waals surface area contributed by atoms with E-state index in [1.165, 1.54) is 34.7 Å². The molecule has 12 nitrogen and oxygen atoms in total. The van der Waals surface area contributed by atoms with Gasteiger partial charge in [-0.1, -0.05) is 6.07 Å². The van der Waals surface area contributed by atoms with Crippen molar-refractivity contribution in [2.24, 2.45) is 0 Å². The lowest BCUT2D eigenvalue weighted by Gasteiger charge is -2.28. The molecule has 4 N–H and O–H groups in total. The van der Waals surface area contributed by atoms with E-state index >= 15 is 0 Å². The number of likely N-dealkylation sites (tertiary alicyclic amines) is 1. The number of nitrogens with one attached hydrogen (secondary N) is 3. The van der Waals surface area contributed by atoms with Crippen LogP contribution in [0.5, 0.6) is 29.0 Å². The van der Waals surface area contributed by atoms with Crippen LogP contribution in [0.25, 0.3) is 11.4 Å². The second kappa shape index (κ2) is 14.7. The first-order chi connectivity index (χ1) is 24.1. The highest BCUT2D eigenvalue weighted by Crippen LogP contribution is 2.39. The molecule has 0 aliphatic carbocycles. The Kier molecular flexibility index (Phi) is 10.2. The summed E-state index contributed by atoms with van der Waals surface area (Å²) in [5, 5.41) is 26.6. The summed E-state index contributed by atoms with van der Waals surface area (Å²) in [6.07, 6.45) is 3.39. The minimum atomic E-state index is -1.36. The number of aromatic nitrogens is 4. The Bertz CT molecular complexity index is 2130. The number of quaternary nitrogens is 1. The molecule has 3 aromatic carbocycles. The zero-order valence-electron chi connectivity index (χ0n) is 27.8. The molecule has 5 aromatic rings. The van der Waals surface area contributed by atoms with Crippen molar-refractivity contribution in [3.05, 3.63) is 119 Å². The zero-order valence-corrected chi connectivity index (χ0v) is 29.4. The number of nitrogens with zero attached hydrogens (tertiary/aromatic N) is 2. The molecule has 0 radical (unpaired) electrons. The molecule has 2 aromatic heterocycles. The number of piperidine rings is 1. The predicted molar refractivity (Wildman–Crippen MR) is 191 cm³/mol. The fraction of sp³-hybridized carbons (Fsp3) is 0.278. The van der Waals surface area contributed by atoms with Crippen molar-refractivity contribution < 1.29 is 29.3 Å². The van der Waals surface area contributed by atoms with Crippen LogP contribution < -0.4 is 35.3 Å². The van der Waals surface area contributed by atoms with E-state index in [9.17, 15) is 19.8 Å². The van der Waals surface area contributed by atoms with Crippen LogP contribution in [-0.4, -0.2) is 58.6 Å². The first-order valence-corrected chi connectivity index (χ1v) is 16.9. The Morgan fingerprint density at radius 3 is 1.88 bits per heavy atom. The summed E-state index contributed by atoms with van der Waals surface area (Å²) >= 11 is 11.0. The van der Waals surface area contributed by atoms with Crippen molar-refractivity contribution >= 4 is 24.4 Å². The highest BCUT2D eigenvalue weighted by atomic mass is 32.1. The first-order valence-electron chi connectivity index (χ1n) is 16.1. The average molecular weight is 716 g/mol. The Labute approximate surface area is 297 Å². The average Bonchev–Trinajstić information content (AvgIpc) is 3.11. The Morgan fingerprint density at radius 1 is 0.780 bits per heavy atom. The van der Waals surface area contributed by atoms with Crippen molar-refractivity contribution in [1.29, 1.82) is 0 Å². The predicted octanol–water partition coefficient (Wildman–Crippen LogP) is 3.66. The van der Waals surface area contributed by atoms with E-state index in [1.807, 2.05) is 6.07 Å². The van der Waals surface area contributed by atoms with Gasteiger partial charge in [0.2, 0.25) is 5.88 Å². The molecule has 1 aliphatic rings. The van der Waals surface area contributed by atoms with Crippen molar-refractivity contribution in [3.63, 3.8) is 0 Å². The van der Waals surface area contributed by atoms with Gasteiger partial charge in [0.1, 0.15) is 23.8 Å². The minimum absolute atomic E-state index is 0.0882. The second-order valence-corrected chi connectivity index (χ2v) is 12.8. The number of benzene rings is 3. The van der Waals surface area contributed by atoms with Crippen LogP contribution in [0.4, 0.5) is 0 Å². The van der Waals surface area contributed by atoms with Crippen LogP contribution >= 0.6 is 24.4 Å². The van der Waals surface area contributed by atoms with Crippen molar-refractivity contribution in [3.8, 4) is 40.4 Å². The topological polar surface area (TPSA) is 151 Å². The van der Waals surface area contributed by atoms with Crippen LogP contribution in [0, 0.1) is 9.54 Å². The van der Waals surface area contributed by atoms with Gasteiger partial charge in [0.15, 0.2) is 9.54 Å². The zero-order chi connectivity index (χ0) is 35.5. The van der Waals surface area contributed by atoms with Crippen LogP contribution in [0.3, 0.4) is 0 Å². The van der Waals surface area contributed by atoms with E-state index in [2.05, 4.69) is 9.97 Å². The van der Waals surface area contributed by atoms with Gasteiger partial charge >= 0.3 is 0 Å². The number of ether oxygens (including phenoxy) is 3. The summed E-state index contributed by atoms with van der Waals surface area (Å²) in [4.78, 5) is 34.6. The number of methoxy groups -OCH3 is 3. The molecule has 6 rings (SSSR count). The van der Waals surface area contributed by atoms with Gasteiger partial charge in [-0.15, -0.1) is 0 Å². The van der Waals surface area contributed by atoms with Gasteiger partial charge in [-0.3, -0.25) is 24.1 Å². The molecule has 50 heavy (non-hydrogen) atoms. The lowest BCUT2D eigenvalue weighted by atomic mass is 9.85. The smallest absolute Gasteiger partial charge is 0.259 e. The maximum atomic E-state index is 14.6. The fourth-order valence-corrected chi connectivity index (χ4v) is 7.18. The molecule has 0 saturated carbocycles. The minimum Gasteiger partial charge on any atom is -0.859 e. The van der Waals surface area contributed by atoms with Gasteiger partial charge in [0, 0.05) is 16.8 Å².